The topological polar surface area (TPSA) is 204 Å². The zero-order chi connectivity index (χ0) is 93.3. The van der Waals surface area contributed by atoms with Gasteiger partial charge >= 0.3 is 0 Å². The van der Waals surface area contributed by atoms with Crippen LogP contribution in [0.3, 0.4) is 0 Å². The molecule has 15 heteroatoms. The van der Waals surface area contributed by atoms with Crippen molar-refractivity contribution < 1.29 is 44.9 Å². The highest BCUT2D eigenvalue weighted by Crippen LogP contribution is 2.49. The summed E-state index contributed by atoms with van der Waals surface area (Å²) in [6.45, 7) is 37.8. The Morgan fingerprint density at radius 2 is 0.542 bits per heavy atom. The zero-order valence-electron chi connectivity index (χ0n) is 79.0. The third kappa shape index (κ3) is 15.4. The number of benzene rings is 10. The first kappa shape index (κ1) is 88.8. The van der Waals surface area contributed by atoms with E-state index in [0.29, 0.717) is 34.1 Å². The lowest BCUT2D eigenvalue weighted by atomic mass is 9.90. The predicted molar refractivity (Wildman–Crippen MR) is 524 cm³/mol. The van der Waals surface area contributed by atoms with Crippen LogP contribution in [0, 0.1) is 140 Å². The van der Waals surface area contributed by atoms with Crippen molar-refractivity contribution >= 4 is 110 Å². The van der Waals surface area contributed by atoms with Gasteiger partial charge in [-0.15, -0.1) is 0 Å². The molecule has 0 bridgehead atoms. The van der Waals surface area contributed by atoms with E-state index in [9.17, 15) is 26.3 Å². The maximum absolute atomic E-state index is 9.92. The minimum absolute atomic E-state index is 0.282. The maximum atomic E-state index is 9.92. The van der Waals surface area contributed by atoms with Crippen LogP contribution in [0.2, 0.25) is 0 Å². The molecule has 0 N–H and O–H groups in total. The highest BCUT2D eigenvalue weighted by molar-refractivity contribution is 6.18. The Bertz CT molecular complexity index is 8300. The van der Waals surface area contributed by atoms with E-state index in [1.165, 1.54) is 22.3 Å². The molecular formula is C116H107N10O5+5. The quantitative estimate of drug-likeness (QED) is 0.132. The molecule has 15 nitrogen and oxygen atoms in total. The number of aryl methyl sites for hydroxylation is 17. The van der Waals surface area contributed by atoms with Crippen molar-refractivity contribution in [3.8, 4) is 86.6 Å². The van der Waals surface area contributed by atoms with E-state index in [2.05, 4.69) is 235 Å². The summed E-state index contributed by atoms with van der Waals surface area (Å²) in [5.74, 6) is 0.949. The largest absolute Gasteiger partial charge is 0.455 e. The van der Waals surface area contributed by atoms with Crippen molar-refractivity contribution in [1.82, 2.24) is 0 Å². The molecule has 0 spiro atoms. The number of aromatic nitrogens is 5. The highest BCUT2D eigenvalue weighted by atomic mass is 16.3. The third-order valence-electron chi connectivity index (χ3n) is 26.1. The number of furan rings is 5. The van der Waals surface area contributed by atoms with Crippen LogP contribution < -0.4 is 22.8 Å². The second-order valence-electron chi connectivity index (χ2n) is 35.9. The van der Waals surface area contributed by atoms with Crippen LogP contribution >= 0.6 is 0 Å². The molecule has 0 unspecified atom stereocenters. The Balaban J connectivity index is 0.000000120. The second-order valence-corrected chi connectivity index (χ2v) is 35.9. The number of rotatable bonds is 8. The van der Waals surface area contributed by atoms with Gasteiger partial charge in [-0.3, -0.25) is 0 Å². The summed E-state index contributed by atoms with van der Waals surface area (Å²) < 4.78 is 42.6. The number of hydrogen-bond acceptors (Lipinski definition) is 10. The lowest BCUT2D eigenvalue weighted by Crippen LogP contribution is -2.30. The molecule has 0 aliphatic heterocycles. The van der Waals surface area contributed by atoms with Crippen LogP contribution in [0.15, 0.2) is 235 Å². The van der Waals surface area contributed by atoms with Gasteiger partial charge in [0.2, 0.25) is 28.5 Å². The first-order valence-electron chi connectivity index (χ1n) is 44.5. The molecule has 20 rings (SSSR count). The summed E-state index contributed by atoms with van der Waals surface area (Å²) in [7, 11) is 10.2. The molecule has 10 aromatic carbocycles. The first-order chi connectivity index (χ1) is 62.9. The summed E-state index contributed by atoms with van der Waals surface area (Å²) in [4.78, 5) is 0. The Morgan fingerprint density at radius 3 is 0.924 bits per heavy atom. The van der Waals surface area contributed by atoms with E-state index < -0.39 is 0 Å². The van der Waals surface area contributed by atoms with E-state index in [4.69, 9.17) is 22.1 Å². The van der Waals surface area contributed by atoms with Gasteiger partial charge < -0.3 is 22.1 Å². The SMILES string of the molecule is Cc1cc(C(C)C)c2c(oc3c(C)ccc(C#N)c32)c1-c1cccc[n+]1C.Cc1cc(C)c2c(oc3c(C)ccc(C#N)c32)c1-c1cccc[n+]1C.Cc1ccc2c(oc3c(C)c(C(C)C)cc(C#N)c32)c1-c1cccc[n+]1C.Cc1ccc2c(oc3c(C)cc(C(C)C)c(C#N)c32)c1-c1cccc[n+]1C.Cc1ccc2c(oc3c(C)cc(C)c(C#N)c32)c1-c1cccc[n+]1C. The van der Waals surface area contributed by atoms with E-state index >= 15 is 0 Å². The molecule has 0 fully saturated rings. The van der Waals surface area contributed by atoms with E-state index in [0.717, 1.165) is 233 Å². The fourth-order valence-corrected chi connectivity index (χ4v) is 19.4. The third-order valence-corrected chi connectivity index (χ3v) is 26.1. The summed E-state index contributed by atoms with van der Waals surface area (Å²) in [6.07, 6.45) is 10.2. The van der Waals surface area contributed by atoms with Gasteiger partial charge in [-0.2, -0.15) is 26.3 Å². The Kier molecular flexibility index (Phi) is 24.1. The van der Waals surface area contributed by atoms with E-state index in [1.807, 2.05) is 191 Å². The average Bonchev–Trinajstić information content (AvgIpc) is 1.60. The Labute approximate surface area is 764 Å². The van der Waals surface area contributed by atoms with Gasteiger partial charge in [0.1, 0.15) is 103 Å². The number of nitriles is 5. The molecule has 0 atom stereocenters. The Hall–Kier alpha value is -15.6. The summed E-state index contributed by atoms with van der Waals surface area (Å²) in [6, 6.07) is 73.6. The van der Waals surface area contributed by atoms with Gasteiger partial charge in [0.05, 0.1) is 73.8 Å². The van der Waals surface area contributed by atoms with Crippen LogP contribution in [0.4, 0.5) is 0 Å². The minimum Gasteiger partial charge on any atom is -0.455 e. The number of pyridine rings is 5. The molecule has 0 radical (unpaired) electrons. The fraction of sp³-hybridized carbons (Fsp3) is 0.224. The molecule has 20 aromatic rings. The monoisotopic (exact) mass is 1720 g/mol. The molecule has 646 valence electrons. The Morgan fingerprint density at radius 1 is 0.229 bits per heavy atom. The smallest absolute Gasteiger partial charge is 0.216 e. The molecule has 0 saturated heterocycles. The number of nitrogens with zero attached hydrogens (tertiary/aromatic N) is 10. The van der Waals surface area contributed by atoms with Crippen LogP contribution in [0.25, 0.3) is 166 Å². The first-order valence-corrected chi connectivity index (χ1v) is 44.5. The highest BCUT2D eigenvalue weighted by Gasteiger charge is 2.32. The molecule has 131 heavy (non-hydrogen) atoms. The van der Waals surface area contributed by atoms with Crippen LogP contribution in [-0.2, 0) is 35.2 Å². The predicted octanol–water partition coefficient (Wildman–Crippen LogP) is 26.8. The van der Waals surface area contributed by atoms with Crippen LogP contribution in [0.1, 0.15) is 171 Å². The molecule has 0 saturated carbocycles. The lowest BCUT2D eigenvalue weighted by molar-refractivity contribution is -0.660. The lowest BCUT2D eigenvalue weighted by Gasteiger charge is -2.12. The average molecular weight is 1720 g/mol. The van der Waals surface area contributed by atoms with Gasteiger partial charge in [-0.25, -0.2) is 22.8 Å². The molecule has 10 aromatic heterocycles. The summed E-state index contributed by atoms with van der Waals surface area (Å²) >= 11 is 0. The van der Waals surface area contributed by atoms with Crippen molar-refractivity contribution in [3.63, 3.8) is 0 Å². The van der Waals surface area contributed by atoms with Crippen molar-refractivity contribution in [3.05, 3.63) is 324 Å². The van der Waals surface area contributed by atoms with Gasteiger partial charge in [-0.1, -0.05) is 114 Å². The van der Waals surface area contributed by atoms with Gasteiger partial charge in [0.25, 0.3) is 0 Å². The molecule has 0 aliphatic rings. The van der Waals surface area contributed by atoms with Crippen molar-refractivity contribution in [2.45, 2.75) is 142 Å². The summed E-state index contributed by atoms with van der Waals surface area (Å²) in [5.41, 5.74) is 39.5. The van der Waals surface area contributed by atoms with E-state index in [1.54, 1.807) is 0 Å². The van der Waals surface area contributed by atoms with Crippen molar-refractivity contribution in [2.24, 2.45) is 35.2 Å². The summed E-state index contributed by atoms with van der Waals surface area (Å²) in [5, 5.41) is 58.5. The number of hydrogen-bond donors (Lipinski definition) is 0. The molecule has 0 amide bonds. The van der Waals surface area contributed by atoms with E-state index in [-0.39, 0.29) is 5.92 Å². The van der Waals surface area contributed by atoms with Gasteiger partial charge in [0.15, 0.2) is 31.0 Å². The van der Waals surface area contributed by atoms with Crippen LogP contribution in [0.5, 0.6) is 0 Å². The van der Waals surface area contributed by atoms with Gasteiger partial charge in [-0.05, 0) is 233 Å². The van der Waals surface area contributed by atoms with Gasteiger partial charge in [0, 0.05) is 115 Å². The zero-order valence-corrected chi connectivity index (χ0v) is 79.0. The van der Waals surface area contributed by atoms with Crippen LogP contribution in [-0.4, -0.2) is 0 Å². The maximum Gasteiger partial charge on any atom is 0.216 e. The minimum atomic E-state index is 0.282. The molecule has 10 heterocycles. The molecule has 0 aliphatic carbocycles. The fourth-order valence-electron chi connectivity index (χ4n) is 19.4. The van der Waals surface area contributed by atoms with Crippen molar-refractivity contribution in [2.75, 3.05) is 0 Å². The normalized spacial score (nSPS) is 11.3. The molecular weight excluding hydrogens is 1610 g/mol. The second kappa shape index (κ2) is 35.6. The number of fused-ring (bicyclic) bond motifs is 15. The standard InChI is InChI=1S/3C24H23N2O.2C22H19N2O/c1-14(2)19-12-17(13-25)22-18-10-9-15(3)21(20-8-6-7-11-26(20)5)24(18)27-23(22)16(19)4;1-14(2)18-12-16(4)23-22(19(18)13-25)17-10-9-15(3)21(24(17)27-23)20-8-6-7-11-26(20)5;1-14(2)18-12-16(4)20(19-8-6-7-11-26(19)5)24-22(18)21-17(13-25)10-9-15(3)23(21)27-24;1-13-8-9-16-20-17(12-23)14(2)11-15(3)21(20)25-22(16)19(13)18-7-5-6-10-24(18)4;1-13-8-9-16(12-23)20-19-15(3)11-14(2)18(22(19)25-21(13)20)17-7-5-6-10-24(17)4/h3*6-12,14H,1-5H3;2*5-11H,1-4H3/q5*+1. The van der Waals surface area contributed by atoms with Crippen molar-refractivity contribution in [1.29, 1.82) is 26.3 Å².